The molecule has 1 aliphatic rings. The lowest BCUT2D eigenvalue weighted by Crippen LogP contribution is -1.81. The molecule has 0 radical (unpaired) electrons. The first-order valence-electron chi connectivity index (χ1n) is 7.11. The SMILES string of the molecule is CCCCCCCCCCCCC1=CC1. The van der Waals surface area contributed by atoms with Gasteiger partial charge in [-0.3, -0.25) is 0 Å². The van der Waals surface area contributed by atoms with E-state index in [1.165, 1.54) is 77.0 Å². The van der Waals surface area contributed by atoms with Crippen molar-refractivity contribution in [1.82, 2.24) is 0 Å². The Morgan fingerprint density at radius 1 is 0.800 bits per heavy atom. The third-order valence-corrected chi connectivity index (χ3v) is 3.34. The molecule has 0 aliphatic heterocycles. The van der Waals surface area contributed by atoms with Crippen LogP contribution in [0.25, 0.3) is 0 Å². The molecular formula is C15H28. The molecule has 0 heteroatoms. The Labute approximate surface area is 96.2 Å². The van der Waals surface area contributed by atoms with E-state index in [2.05, 4.69) is 13.0 Å². The zero-order chi connectivity index (χ0) is 10.8. The van der Waals surface area contributed by atoms with Crippen LogP contribution in [0.5, 0.6) is 0 Å². The van der Waals surface area contributed by atoms with E-state index in [1.807, 2.05) is 0 Å². The lowest BCUT2D eigenvalue weighted by atomic mass is 10.1. The third-order valence-electron chi connectivity index (χ3n) is 3.34. The van der Waals surface area contributed by atoms with E-state index in [-0.39, 0.29) is 0 Å². The molecule has 0 nitrogen and oxygen atoms in total. The van der Waals surface area contributed by atoms with Gasteiger partial charge in [-0.1, -0.05) is 76.4 Å². The molecule has 0 spiro atoms. The average molecular weight is 208 g/mol. The molecule has 0 bridgehead atoms. The molecule has 0 aromatic carbocycles. The number of unbranched alkanes of at least 4 members (excludes halogenated alkanes) is 9. The molecule has 0 N–H and O–H groups in total. The van der Waals surface area contributed by atoms with Crippen LogP contribution in [0.4, 0.5) is 0 Å². The van der Waals surface area contributed by atoms with E-state index in [0.29, 0.717) is 0 Å². The lowest BCUT2D eigenvalue weighted by Gasteiger charge is -2.01. The molecule has 0 fully saturated rings. The molecule has 1 rings (SSSR count). The topological polar surface area (TPSA) is 0 Å². The van der Waals surface area contributed by atoms with Crippen molar-refractivity contribution in [2.45, 2.75) is 84.0 Å². The highest BCUT2D eigenvalue weighted by atomic mass is 14.1. The van der Waals surface area contributed by atoms with Gasteiger partial charge < -0.3 is 0 Å². The van der Waals surface area contributed by atoms with E-state index in [1.54, 1.807) is 5.57 Å². The minimum absolute atomic E-state index is 1.33. The van der Waals surface area contributed by atoms with Crippen LogP contribution in [-0.2, 0) is 0 Å². The van der Waals surface area contributed by atoms with Crippen LogP contribution in [0.15, 0.2) is 11.6 Å². The Kier molecular flexibility index (Phi) is 7.69. The van der Waals surface area contributed by atoms with Crippen LogP contribution in [0.2, 0.25) is 0 Å². The first kappa shape index (κ1) is 12.8. The summed E-state index contributed by atoms with van der Waals surface area (Å²) >= 11 is 0. The zero-order valence-electron chi connectivity index (χ0n) is 10.6. The fourth-order valence-electron chi connectivity index (χ4n) is 2.12. The van der Waals surface area contributed by atoms with E-state index in [4.69, 9.17) is 0 Å². The minimum Gasteiger partial charge on any atom is -0.0810 e. The van der Waals surface area contributed by atoms with Crippen LogP contribution >= 0.6 is 0 Å². The molecule has 0 atom stereocenters. The van der Waals surface area contributed by atoms with Gasteiger partial charge in [-0.25, -0.2) is 0 Å². The molecule has 15 heavy (non-hydrogen) atoms. The van der Waals surface area contributed by atoms with Crippen molar-refractivity contribution in [3.63, 3.8) is 0 Å². The van der Waals surface area contributed by atoms with Gasteiger partial charge in [0.2, 0.25) is 0 Å². The molecule has 0 unspecified atom stereocenters. The quantitative estimate of drug-likeness (QED) is 0.305. The molecule has 0 saturated carbocycles. The molecule has 0 saturated heterocycles. The van der Waals surface area contributed by atoms with E-state index >= 15 is 0 Å². The highest BCUT2D eigenvalue weighted by Crippen LogP contribution is 2.24. The van der Waals surface area contributed by atoms with Crippen molar-refractivity contribution in [3.05, 3.63) is 11.6 Å². The smallest absolute Gasteiger partial charge is 0.0136 e. The normalized spacial score (nSPS) is 14.1. The number of hydrogen-bond donors (Lipinski definition) is 0. The van der Waals surface area contributed by atoms with Crippen molar-refractivity contribution in [2.24, 2.45) is 0 Å². The summed E-state index contributed by atoms with van der Waals surface area (Å²) in [7, 11) is 0. The molecular weight excluding hydrogens is 180 g/mol. The van der Waals surface area contributed by atoms with Crippen molar-refractivity contribution in [2.75, 3.05) is 0 Å². The van der Waals surface area contributed by atoms with Crippen LogP contribution in [0.3, 0.4) is 0 Å². The summed E-state index contributed by atoms with van der Waals surface area (Å²) in [6.07, 6.45) is 19.7. The summed E-state index contributed by atoms with van der Waals surface area (Å²) in [4.78, 5) is 0. The number of rotatable bonds is 11. The fourth-order valence-corrected chi connectivity index (χ4v) is 2.12. The van der Waals surface area contributed by atoms with E-state index in [0.717, 1.165) is 0 Å². The summed E-state index contributed by atoms with van der Waals surface area (Å²) in [5, 5.41) is 0. The molecule has 0 heterocycles. The summed E-state index contributed by atoms with van der Waals surface area (Å²) in [5.74, 6) is 0. The predicted octanol–water partition coefficient (Wildman–Crippen LogP) is 5.63. The highest BCUT2D eigenvalue weighted by Gasteiger charge is 2.05. The van der Waals surface area contributed by atoms with Gasteiger partial charge in [0.05, 0.1) is 0 Å². The van der Waals surface area contributed by atoms with Crippen LogP contribution in [0, 0.1) is 0 Å². The Morgan fingerprint density at radius 2 is 1.27 bits per heavy atom. The highest BCUT2D eigenvalue weighted by molar-refractivity contribution is 5.21. The number of allylic oxidation sites excluding steroid dienone is 2. The Morgan fingerprint density at radius 3 is 1.73 bits per heavy atom. The van der Waals surface area contributed by atoms with Crippen LogP contribution in [-0.4, -0.2) is 0 Å². The Bertz CT molecular complexity index is 167. The van der Waals surface area contributed by atoms with Crippen molar-refractivity contribution in [1.29, 1.82) is 0 Å². The maximum Gasteiger partial charge on any atom is -0.0136 e. The monoisotopic (exact) mass is 208 g/mol. The maximum absolute atomic E-state index is 2.37. The molecule has 0 aromatic rings. The van der Waals surface area contributed by atoms with Gasteiger partial charge in [0.1, 0.15) is 0 Å². The van der Waals surface area contributed by atoms with Crippen LogP contribution in [0.1, 0.15) is 84.0 Å². The predicted molar refractivity (Wildman–Crippen MR) is 69.2 cm³/mol. The maximum atomic E-state index is 2.37. The fraction of sp³-hybridized carbons (Fsp3) is 0.867. The summed E-state index contributed by atoms with van der Waals surface area (Å²) in [6, 6.07) is 0. The zero-order valence-corrected chi connectivity index (χ0v) is 10.6. The second-order valence-corrected chi connectivity index (χ2v) is 5.00. The van der Waals surface area contributed by atoms with E-state index in [9.17, 15) is 0 Å². The van der Waals surface area contributed by atoms with Crippen molar-refractivity contribution >= 4 is 0 Å². The Balaban J connectivity index is 1.64. The minimum atomic E-state index is 1.33. The average Bonchev–Trinajstić information content (AvgIpc) is 3.05. The van der Waals surface area contributed by atoms with Crippen molar-refractivity contribution < 1.29 is 0 Å². The Hall–Kier alpha value is -0.260. The summed E-state index contributed by atoms with van der Waals surface area (Å²) < 4.78 is 0. The lowest BCUT2D eigenvalue weighted by molar-refractivity contribution is 0.556. The number of hydrogen-bond acceptors (Lipinski definition) is 0. The van der Waals surface area contributed by atoms with Crippen molar-refractivity contribution in [3.8, 4) is 0 Å². The van der Waals surface area contributed by atoms with Gasteiger partial charge in [0, 0.05) is 0 Å². The second-order valence-electron chi connectivity index (χ2n) is 5.00. The van der Waals surface area contributed by atoms with Crippen LogP contribution < -0.4 is 0 Å². The van der Waals surface area contributed by atoms with Gasteiger partial charge in [-0.2, -0.15) is 0 Å². The molecule has 0 aromatic heterocycles. The van der Waals surface area contributed by atoms with Gasteiger partial charge in [-0.15, -0.1) is 0 Å². The second kappa shape index (κ2) is 9.00. The first-order valence-corrected chi connectivity index (χ1v) is 7.11. The van der Waals surface area contributed by atoms with E-state index < -0.39 is 0 Å². The first-order chi connectivity index (χ1) is 7.43. The van der Waals surface area contributed by atoms with Gasteiger partial charge in [-0.05, 0) is 19.3 Å². The summed E-state index contributed by atoms with van der Waals surface area (Å²) in [5.41, 5.74) is 1.72. The summed E-state index contributed by atoms with van der Waals surface area (Å²) in [6.45, 7) is 2.29. The third kappa shape index (κ3) is 8.72. The van der Waals surface area contributed by atoms with Gasteiger partial charge in [0.15, 0.2) is 0 Å². The van der Waals surface area contributed by atoms with Gasteiger partial charge >= 0.3 is 0 Å². The molecule has 0 amide bonds. The largest absolute Gasteiger partial charge is 0.0810 e. The van der Waals surface area contributed by atoms with Gasteiger partial charge in [0.25, 0.3) is 0 Å². The standard InChI is InChI=1S/C15H28/c1-2-3-4-5-6-7-8-9-10-11-12-15-13-14-15/h13H,2-12,14H2,1H3. The molecule has 1 aliphatic carbocycles. The molecule has 88 valence electrons.